The molecule has 1 N–H and O–H groups in total. The van der Waals surface area contributed by atoms with Gasteiger partial charge < -0.3 is 9.84 Å². The molecule has 0 radical (unpaired) electrons. The van der Waals surface area contributed by atoms with E-state index in [9.17, 15) is 14.7 Å². The molecule has 3 aliphatic rings. The summed E-state index contributed by atoms with van der Waals surface area (Å²) in [7, 11) is 0. The molecular weight excluding hydrogens is 472 g/mol. The van der Waals surface area contributed by atoms with Crippen molar-refractivity contribution < 1.29 is 19.4 Å². The molecule has 4 nitrogen and oxygen atoms in total. The summed E-state index contributed by atoms with van der Waals surface area (Å²) in [6.07, 6.45) is 32.5. The van der Waals surface area contributed by atoms with Gasteiger partial charge in [-0.3, -0.25) is 9.59 Å². The Morgan fingerprint density at radius 3 is 1.45 bits per heavy atom. The third kappa shape index (κ3) is 10.0. The summed E-state index contributed by atoms with van der Waals surface area (Å²) in [5, 5.41) is 10.3. The van der Waals surface area contributed by atoms with Crippen LogP contribution in [-0.2, 0) is 14.3 Å². The second-order valence-corrected chi connectivity index (χ2v) is 12.0. The summed E-state index contributed by atoms with van der Waals surface area (Å²) >= 11 is 0. The highest BCUT2D eigenvalue weighted by molar-refractivity contribution is 5.90. The summed E-state index contributed by atoms with van der Waals surface area (Å²) in [6, 6.07) is 0. The Morgan fingerprint density at radius 2 is 0.974 bits per heavy atom. The molecule has 0 fully saturated rings. The first-order valence-corrected chi connectivity index (χ1v) is 16.1. The van der Waals surface area contributed by atoms with Gasteiger partial charge in [-0.1, -0.05) is 100 Å². The van der Waals surface area contributed by atoms with E-state index in [-0.39, 0.29) is 12.4 Å². The lowest BCUT2D eigenvalue weighted by atomic mass is 9.67. The van der Waals surface area contributed by atoms with Crippen LogP contribution in [0.2, 0.25) is 0 Å². The number of aliphatic carboxylic acids is 1. The lowest BCUT2D eigenvalue weighted by molar-refractivity contribution is -0.153. The van der Waals surface area contributed by atoms with Gasteiger partial charge in [0.15, 0.2) is 0 Å². The topological polar surface area (TPSA) is 63.6 Å². The van der Waals surface area contributed by atoms with E-state index in [4.69, 9.17) is 4.74 Å². The molecular formula is C34H54O4. The second kappa shape index (κ2) is 17.7. The molecule has 0 amide bonds. The van der Waals surface area contributed by atoms with E-state index in [2.05, 4.69) is 18.2 Å². The fraction of sp³-hybridized carbons (Fsp3) is 0.765. The van der Waals surface area contributed by atoms with Crippen LogP contribution in [-0.4, -0.2) is 17.0 Å². The first-order chi connectivity index (χ1) is 18.6. The number of carbonyl (C=O) groups excluding carboxylic acids is 1. The Hall–Kier alpha value is -1.84. The molecule has 3 rings (SSSR count). The van der Waals surface area contributed by atoms with Crippen molar-refractivity contribution in [2.75, 3.05) is 0 Å². The third-order valence-corrected chi connectivity index (χ3v) is 8.92. The zero-order valence-electron chi connectivity index (χ0n) is 24.1. The summed E-state index contributed by atoms with van der Waals surface area (Å²) in [5.41, 5.74) is 0.867. The Bertz CT molecular complexity index is 784. The van der Waals surface area contributed by atoms with Gasteiger partial charge in [-0.25, -0.2) is 0 Å². The first-order valence-electron chi connectivity index (χ1n) is 16.1. The van der Waals surface area contributed by atoms with Crippen LogP contribution in [0.5, 0.6) is 0 Å². The summed E-state index contributed by atoms with van der Waals surface area (Å²) in [5.74, 6) is -0.458. The van der Waals surface area contributed by atoms with Crippen molar-refractivity contribution in [3.63, 3.8) is 0 Å². The van der Waals surface area contributed by atoms with Crippen molar-refractivity contribution >= 4 is 11.9 Å². The van der Waals surface area contributed by atoms with Gasteiger partial charge in [0.05, 0.1) is 6.42 Å². The van der Waals surface area contributed by atoms with E-state index in [0.29, 0.717) is 0 Å². The summed E-state index contributed by atoms with van der Waals surface area (Å²) in [6.45, 7) is 0. The van der Waals surface area contributed by atoms with Crippen LogP contribution < -0.4 is 0 Å². The van der Waals surface area contributed by atoms with Crippen LogP contribution in [0, 0.1) is 5.41 Å². The van der Waals surface area contributed by atoms with E-state index in [1.807, 2.05) is 0 Å². The average Bonchev–Trinajstić information content (AvgIpc) is 2.92. The van der Waals surface area contributed by atoms with Gasteiger partial charge in [-0.2, -0.15) is 0 Å². The van der Waals surface area contributed by atoms with Crippen LogP contribution in [0.1, 0.15) is 161 Å². The minimum absolute atomic E-state index is 0.198. The number of carboxylic acid groups (broad SMARTS) is 1. The van der Waals surface area contributed by atoms with Gasteiger partial charge >= 0.3 is 11.9 Å². The maximum atomic E-state index is 14.5. The lowest BCUT2D eigenvalue weighted by Crippen LogP contribution is -2.39. The molecule has 0 aromatic heterocycles. The molecule has 3 aliphatic carbocycles. The number of ether oxygens (including phenoxy) is 1. The predicted octanol–water partition coefficient (Wildman–Crippen LogP) is 10.1. The van der Waals surface area contributed by atoms with Crippen LogP contribution in [0.15, 0.2) is 35.1 Å². The fourth-order valence-corrected chi connectivity index (χ4v) is 6.67. The molecule has 0 heterocycles. The van der Waals surface area contributed by atoms with Gasteiger partial charge in [0.2, 0.25) is 0 Å². The molecule has 0 saturated carbocycles. The molecule has 0 aromatic rings. The number of hydrogen-bond donors (Lipinski definition) is 1. The minimum Gasteiger partial charge on any atom is -0.481 e. The maximum Gasteiger partial charge on any atom is 0.326 e. The quantitative estimate of drug-likeness (QED) is 0.276. The van der Waals surface area contributed by atoms with Gasteiger partial charge in [0, 0.05) is 6.42 Å². The zero-order chi connectivity index (χ0) is 26.9. The molecule has 0 aromatic carbocycles. The molecule has 0 unspecified atom stereocenters. The van der Waals surface area contributed by atoms with Crippen molar-refractivity contribution in [2.45, 2.75) is 161 Å². The van der Waals surface area contributed by atoms with Crippen LogP contribution in [0.25, 0.3) is 0 Å². The van der Waals surface area contributed by atoms with E-state index < -0.39 is 11.4 Å². The monoisotopic (exact) mass is 526 g/mol. The molecule has 38 heavy (non-hydrogen) atoms. The largest absolute Gasteiger partial charge is 0.481 e. The Morgan fingerprint density at radius 1 is 0.579 bits per heavy atom. The number of rotatable bonds is 6. The molecule has 214 valence electrons. The molecule has 4 heteroatoms. The first kappa shape index (κ1) is 30.7. The highest BCUT2D eigenvalue weighted by Crippen LogP contribution is 2.47. The summed E-state index contributed by atoms with van der Waals surface area (Å²) < 4.78 is 6.33. The lowest BCUT2D eigenvalue weighted by Gasteiger charge is -2.37. The van der Waals surface area contributed by atoms with E-state index in [0.717, 1.165) is 113 Å². The van der Waals surface area contributed by atoms with Crippen LogP contribution in [0.3, 0.4) is 0 Å². The standard InChI is InChI=1S/C34H54O4/c35-32(36)28-34(29-22-16-10-4-1-5-11-17-23-29,30-24-18-12-6-2-7-13-19-25-30)33(37)38-31-26-20-14-8-3-9-15-21-27-31/h22,24,26H,1-21,23,25,27-28H2,(H,35,36). The zero-order valence-corrected chi connectivity index (χ0v) is 24.1. The molecule has 0 spiro atoms. The maximum absolute atomic E-state index is 14.5. The highest BCUT2D eigenvalue weighted by Gasteiger charge is 2.48. The number of carbonyl (C=O) groups is 2. The van der Waals surface area contributed by atoms with Crippen LogP contribution >= 0.6 is 0 Å². The number of esters is 1. The van der Waals surface area contributed by atoms with Gasteiger partial charge in [-0.15, -0.1) is 0 Å². The molecule has 0 atom stereocenters. The molecule has 0 bridgehead atoms. The summed E-state index contributed by atoms with van der Waals surface area (Å²) in [4.78, 5) is 27.1. The SMILES string of the molecule is O=C(O)CC(C(=O)OC1=CCCCCCCCC1)(C1=CCCCCCCCC1)C1=CCCCCCCCC1. The van der Waals surface area contributed by atoms with Crippen molar-refractivity contribution in [1.29, 1.82) is 0 Å². The van der Waals surface area contributed by atoms with Crippen molar-refractivity contribution in [3.8, 4) is 0 Å². The van der Waals surface area contributed by atoms with E-state index >= 15 is 0 Å². The van der Waals surface area contributed by atoms with Crippen molar-refractivity contribution in [3.05, 3.63) is 35.1 Å². The predicted molar refractivity (Wildman–Crippen MR) is 156 cm³/mol. The number of hydrogen-bond acceptors (Lipinski definition) is 3. The number of carboxylic acids is 1. The average molecular weight is 527 g/mol. The third-order valence-electron chi connectivity index (χ3n) is 8.92. The normalized spacial score (nSPS) is 23.4. The number of allylic oxidation sites excluding steroid dienone is 4. The minimum atomic E-state index is -1.18. The van der Waals surface area contributed by atoms with Crippen LogP contribution in [0.4, 0.5) is 0 Å². The van der Waals surface area contributed by atoms with Crippen molar-refractivity contribution in [1.82, 2.24) is 0 Å². The van der Waals surface area contributed by atoms with E-state index in [1.165, 1.54) is 57.8 Å². The second-order valence-electron chi connectivity index (χ2n) is 12.0. The van der Waals surface area contributed by atoms with Gasteiger partial charge in [0.1, 0.15) is 11.2 Å². The smallest absolute Gasteiger partial charge is 0.326 e. The van der Waals surface area contributed by atoms with Crippen molar-refractivity contribution in [2.24, 2.45) is 5.41 Å². The highest BCUT2D eigenvalue weighted by atomic mass is 16.5. The molecule has 0 aliphatic heterocycles. The Kier molecular flexibility index (Phi) is 14.3. The Labute approximate surface area is 232 Å². The van der Waals surface area contributed by atoms with Gasteiger partial charge in [-0.05, 0) is 76.7 Å². The fourth-order valence-electron chi connectivity index (χ4n) is 6.67. The van der Waals surface area contributed by atoms with E-state index in [1.54, 1.807) is 0 Å². The van der Waals surface area contributed by atoms with Gasteiger partial charge in [0.25, 0.3) is 0 Å². The molecule has 0 saturated heterocycles. The Balaban J connectivity index is 2.04.